The first-order valence-corrected chi connectivity index (χ1v) is 28.9. The van der Waals surface area contributed by atoms with Gasteiger partial charge in [0.25, 0.3) is 0 Å². The van der Waals surface area contributed by atoms with Crippen LogP contribution in [0.1, 0.15) is 258 Å². The van der Waals surface area contributed by atoms with Crippen molar-refractivity contribution in [2.24, 2.45) is 0 Å². The van der Waals surface area contributed by atoms with Crippen LogP contribution in [-0.4, -0.2) is 37.2 Å². The van der Waals surface area contributed by atoms with E-state index in [9.17, 15) is 14.4 Å². The zero-order valence-corrected chi connectivity index (χ0v) is 45.5. The fourth-order valence-corrected chi connectivity index (χ4v) is 7.75. The smallest absolute Gasteiger partial charge is 0.306 e. The van der Waals surface area contributed by atoms with E-state index in [0.717, 1.165) is 128 Å². The van der Waals surface area contributed by atoms with Crippen LogP contribution in [0.4, 0.5) is 0 Å². The van der Waals surface area contributed by atoms with E-state index < -0.39 is 6.10 Å². The molecular weight excluding hydrogens is 865 g/mol. The Morgan fingerprint density at radius 3 is 0.871 bits per heavy atom. The molecule has 0 N–H and O–H groups in total. The zero-order valence-electron chi connectivity index (χ0n) is 45.5. The largest absolute Gasteiger partial charge is 0.462 e. The molecule has 6 heteroatoms. The quantitative estimate of drug-likeness (QED) is 0.0262. The molecule has 6 nitrogen and oxygen atoms in total. The molecule has 1 atom stereocenters. The minimum absolute atomic E-state index is 0.0851. The van der Waals surface area contributed by atoms with Gasteiger partial charge < -0.3 is 14.2 Å². The molecule has 0 aromatic rings. The van der Waals surface area contributed by atoms with Crippen LogP contribution in [0, 0.1) is 0 Å². The molecule has 398 valence electrons. The number of esters is 3. The Morgan fingerprint density at radius 1 is 0.300 bits per heavy atom. The third-order valence-electron chi connectivity index (χ3n) is 12.0. The molecule has 0 radical (unpaired) electrons. The Bertz CT molecular complexity index is 1440. The van der Waals surface area contributed by atoms with Gasteiger partial charge >= 0.3 is 17.9 Å². The summed E-state index contributed by atoms with van der Waals surface area (Å²) in [5, 5.41) is 0. The lowest BCUT2D eigenvalue weighted by Gasteiger charge is -2.18. The summed E-state index contributed by atoms with van der Waals surface area (Å²) < 4.78 is 16.8. The Balaban J connectivity index is 4.29. The average molecular weight is 972 g/mol. The number of carbonyl (C=O) groups is 3. The third-order valence-corrected chi connectivity index (χ3v) is 12.0. The van der Waals surface area contributed by atoms with Crippen LogP contribution < -0.4 is 0 Å². The van der Waals surface area contributed by atoms with Crippen molar-refractivity contribution >= 4 is 17.9 Å². The highest BCUT2D eigenvalue weighted by Gasteiger charge is 2.19. The standard InChI is InChI=1S/C64H106O6/c1-4-7-10-13-16-19-21-23-25-27-29-31-32-34-35-37-39-41-43-45-48-51-54-57-63(66)69-60-61(59-68-62(65)56-53-50-47-18-15-12-9-6-3)70-64(67)58-55-52-49-46-44-42-40-38-36-33-30-28-26-24-22-20-17-14-11-8-5-2/h7-8,10-11,16-17,19-20,23-26,29-31,33-35,61H,4-6,9,12-15,18,21-22,27-28,32,36-60H2,1-3H3/b10-7-,11-8-,19-16-,20-17-,25-23-,26-24-,31-29-,33-30-,35-34-. The van der Waals surface area contributed by atoms with Gasteiger partial charge in [0.2, 0.25) is 0 Å². The van der Waals surface area contributed by atoms with Crippen LogP contribution in [-0.2, 0) is 28.6 Å². The van der Waals surface area contributed by atoms with Crippen LogP contribution in [0.2, 0.25) is 0 Å². The van der Waals surface area contributed by atoms with Crippen LogP contribution in [0.25, 0.3) is 0 Å². The minimum atomic E-state index is -0.787. The summed E-state index contributed by atoms with van der Waals surface area (Å²) >= 11 is 0. The summed E-state index contributed by atoms with van der Waals surface area (Å²) in [6, 6.07) is 0. The molecule has 0 aliphatic heterocycles. The van der Waals surface area contributed by atoms with E-state index >= 15 is 0 Å². The van der Waals surface area contributed by atoms with Gasteiger partial charge in [0.15, 0.2) is 6.10 Å². The number of unbranched alkanes of at least 4 members (excludes halogenated alkanes) is 22. The first-order valence-electron chi connectivity index (χ1n) is 28.9. The molecule has 0 saturated heterocycles. The predicted molar refractivity (Wildman–Crippen MR) is 302 cm³/mol. The summed E-state index contributed by atoms with van der Waals surface area (Å²) in [4.78, 5) is 38.0. The molecule has 0 bridgehead atoms. The molecule has 70 heavy (non-hydrogen) atoms. The topological polar surface area (TPSA) is 78.9 Å². The molecule has 0 aromatic carbocycles. The second kappa shape index (κ2) is 57.6. The predicted octanol–water partition coefficient (Wildman–Crippen LogP) is 19.5. The van der Waals surface area contributed by atoms with Crippen molar-refractivity contribution in [3.8, 4) is 0 Å². The van der Waals surface area contributed by atoms with Gasteiger partial charge in [0.1, 0.15) is 13.2 Å². The lowest BCUT2D eigenvalue weighted by molar-refractivity contribution is -0.167. The number of allylic oxidation sites excluding steroid dienone is 18. The molecule has 0 spiro atoms. The van der Waals surface area contributed by atoms with Crippen molar-refractivity contribution in [3.05, 3.63) is 109 Å². The summed E-state index contributed by atoms with van der Waals surface area (Å²) in [6.07, 6.45) is 78.0. The molecule has 0 fully saturated rings. The number of carbonyl (C=O) groups excluding carboxylic acids is 3. The fraction of sp³-hybridized carbons (Fsp3) is 0.672. The fourth-order valence-electron chi connectivity index (χ4n) is 7.75. The Labute approximate surface area is 431 Å². The molecule has 0 aliphatic rings. The lowest BCUT2D eigenvalue weighted by Crippen LogP contribution is -2.30. The van der Waals surface area contributed by atoms with Gasteiger partial charge in [-0.2, -0.15) is 0 Å². The Morgan fingerprint density at radius 2 is 0.557 bits per heavy atom. The maximum absolute atomic E-state index is 12.8. The van der Waals surface area contributed by atoms with Crippen molar-refractivity contribution in [3.63, 3.8) is 0 Å². The van der Waals surface area contributed by atoms with Crippen LogP contribution in [0.5, 0.6) is 0 Å². The number of rotatable bonds is 51. The Hall–Kier alpha value is -3.93. The van der Waals surface area contributed by atoms with Crippen molar-refractivity contribution in [2.75, 3.05) is 13.2 Å². The highest BCUT2D eigenvalue weighted by atomic mass is 16.6. The van der Waals surface area contributed by atoms with Crippen LogP contribution in [0.15, 0.2) is 109 Å². The molecule has 1 unspecified atom stereocenters. The van der Waals surface area contributed by atoms with Gasteiger partial charge in [-0.25, -0.2) is 0 Å². The van der Waals surface area contributed by atoms with Gasteiger partial charge in [-0.15, -0.1) is 0 Å². The van der Waals surface area contributed by atoms with Crippen molar-refractivity contribution < 1.29 is 28.6 Å². The van der Waals surface area contributed by atoms with Crippen molar-refractivity contribution in [1.29, 1.82) is 0 Å². The van der Waals surface area contributed by atoms with Crippen LogP contribution >= 0.6 is 0 Å². The van der Waals surface area contributed by atoms with E-state index in [2.05, 4.69) is 130 Å². The Kier molecular flexibility index (Phi) is 54.4. The first kappa shape index (κ1) is 66.1. The number of hydrogen-bond donors (Lipinski definition) is 0. The van der Waals surface area contributed by atoms with Gasteiger partial charge in [-0.05, 0) is 103 Å². The van der Waals surface area contributed by atoms with Gasteiger partial charge in [0, 0.05) is 19.3 Å². The van der Waals surface area contributed by atoms with Crippen molar-refractivity contribution in [2.45, 2.75) is 264 Å². The monoisotopic (exact) mass is 971 g/mol. The summed E-state index contributed by atoms with van der Waals surface area (Å²) in [7, 11) is 0. The highest BCUT2D eigenvalue weighted by Crippen LogP contribution is 2.15. The lowest BCUT2D eigenvalue weighted by atomic mass is 10.1. The number of ether oxygens (including phenoxy) is 3. The minimum Gasteiger partial charge on any atom is -0.462 e. The first-order chi connectivity index (χ1) is 34.5. The highest BCUT2D eigenvalue weighted by molar-refractivity contribution is 5.71. The molecule has 0 amide bonds. The molecular formula is C64H106O6. The second-order valence-electron chi connectivity index (χ2n) is 18.8. The summed E-state index contributed by atoms with van der Waals surface area (Å²) in [5.74, 6) is -0.908. The van der Waals surface area contributed by atoms with Gasteiger partial charge in [-0.1, -0.05) is 246 Å². The van der Waals surface area contributed by atoms with Crippen molar-refractivity contribution in [1.82, 2.24) is 0 Å². The maximum Gasteiger partial charge on any atom is 0.306 e. The van der Waals surface area contributed by atoms with Crippen LogP contribution in [0.3, 0.4) is 0 Å². The zero-order chi connectivity index (χ0) is 50.7. The third kappa shape index (κ3) is 55.0. The van der Waals surface area contributed by atoms with E-state index in [-0.39, 0.29) is 31.1 Å². The number of hydrogen-bond acceptors (Lipinski definition) is 6. The van der Waals surface area contributed by atoms with Gasteiger partial charge in [-0.3, -0.25) is 14.4 Å². The van der Waals surface area contributed by atoms with E-state index in [0.29, 0.717) is 19.3 Å². The summed E-state index contributed by atoms with van der Waals surface area (Å²) in [6.45, 7) is 6.37. The normalized spacial score (nSPS) is 12.9. The molecule has 0 saturated carbocycles. The van der Waals surface area contributed by atoms with E-state index in [1.165, 1.54) is 89.9 Å². The second-order valence-corrected chi connectivity index (χ2v) is 18.8. The maximum atomic E-state index is 12.8. The van der Waals surface area contributed by atoms with E-state index in [1.54, 1.807) is 0 Å². The SMILES string of the molecule is CC/C=C\C/C=C\C/C=C\C/C=C\C/C=C\CCCCCCCCCC(=O)OCC(COC(=O)CCCCCCCCCC)OC(=O)CCCCCCCCCC/C=C\C/C=C\C/C=C\C/C=C\CC. The van der Waals surface area contributed by atoms with E-state index in [4.69, 9.17) is 14.2 Å². The summed E-state index contributed by atoms with van der Waals surface area (Å²) in [5.41, 5.74) is 0. The molecule has 0 rings (SSSR count). The molecule has 0 heterocycles. The molecule has 0 aromatic heterocycles. The average Bonchev–Trinajstić information content (AvgIpc) is 3.36. The molecule has 0 aliphatic carbocycles. The van der Waals surface area contributed by atoms with Gasteiger partial charge in [0.05, 0.1) is 0 Å². The van der Waals surface area contributed by atoms with E-state index in [1.807, 2.05) is 0 Å².